The van der Waals surface area contributed by atoms with Gasteiger partial charge in [-0.05, 0) is 35.0 Å². The fraction of sp³-hybridized carbons (Fsp3) is 0.286. The fourth-order valence-corrected chi connectivity index (χ4v) is 3.39. The van der Waals surface area contributed by atoms with E-state index < -0.39 is 0 Å². The molecule has 0 bridgehead atoms. The van der Waals surface area contributed by atoms with Crippen LogP contribution in [0.3, 0.4) is 0 Å². The Labute approximate surface area is 130 Å². The zero-order chi connectivity index (χ0) is 14.1. The molecule has 1 aromatic carbocycles. The SMILES string of the molecule is CNc1nc(C2CSc3ccccc3O2)nc(C)c1Br. The van der Waals surface area contributed by atoms with E-state index in [9.17, 15) is 0 Å². The predicted octanol–water partition coefficient (Wildman–Crippen LogP) is 3.82. The number of aryl methyl sites for hydroxylation is 1. The van der Waals surface area contributed by atoms with Gasteiger partial charge in [0, 0.05) is 17.7 Å². The quantitative estimate of drug-likeness (QED) is 0.891. The van der Waals surface area contributed by atoms with Crippen LogP contribution in [0.2, 0.25) is 0 Å². The van der Waals surface area contributed by atoms with E-state index in [1.54, 1.807) is 11.8 Å². The van der Waals surface area contributed by atoms with Crippen LogP contribution < -0.4 is 10.1 Å². The van der Waals surface area contributed by atoms with E-state index in [-0.39, 0.29) is 6.10 Å². The Hall–Kier alpha value is -1.27. The molecule has 1 atom stereocenters. The smallest absolute Gasteiger partial charge is 0.172 e. The molecule has 1 aliphatic rings. The Kier molecular flexibility index (Phi) is 3.85. The van der Waals surface area contributed by atoms with Crippen molar-refractivity contribution in [3.05, 3.63) is 40.3 Å². The summed E-state index contributed by atoms with van der Waals surface area (Å²) in [5.41, 5.74) is 0.909. The van der Waals surface area contributed by atoms with Gasteiger partial charge in [-0.2, -0.15) is 0 Å². The molecule has 3 rings (SSSR count). The largest absolute Gasteiger partial charge is 0.480 e. The van der Waals surface area contributed by atoms with E-state index >= 15 is 0 Å². The normalized spacial score (nSPS) is 17.2. The van der Waals surface area contributed by atoms with E-state index in [4.69, 9.17) is 4.74 Å². The lowest BCUT2D eigenvalue weighted by molar-refractivity contribution is 0.210. The van der Waals surface area contributed by atoms with Crippen molar-refractivity contribution in [2.24, 2.45) is 0 Å². The number of hydrogen-bond acceptors (Lipinski definition) is 5. The van der Waals surface area contributed by atoms with Crippen LogP contribution in [0.15, 0.2) is 33.6 Å². The zero-order valence-electron chi connectivity index (χ0n) is 11.2. The van der Waals surface area contributed by atoms with Gasteiger partial charge in [0.1, 0.15) is 11.6 Å². The third-order valence-electron chi connectivity index (χ3n) is 3.07. The van der Waals surface area contributed by atoms with Crippen LogP contribution in [0, 0.1) is 6.92 Å². The van der Waals surface area contributed by atoms with Crippen LogP contribution >= 0.6 is 27.7 Å². The van der Waals surface area contributed by atoms with Crippen LogP contribution in [0.25, 0.3) is 0 Å². The van der Waals surface area contributed by atoms with E-state index in [0.717, 1.165) is 33.3 Å². The lowest BCUT2D eigenvalue weighted by Crippen LogP contribution is -2.19. The van der Waals surface area contributed by atoms with Gasteiger partial charge in [0.25, 0.3) is 0 Å². The number of ether oxygens (including phenoxy) is 1. The van der Waals surface area contributed by atoms with E-state index in [0.29, 0.717) is 0 Å². The number of fused-ring (bicyclic) bond motifs is 1. The molecule has 0 fully saturated rings. The summed E-state index contributed by atoms with van der Waals surface area (Å²) in [5.74, 6) is 3.24. The summed E-state index contributed by atoms with van der Waals surface area (Å²) in [6.45, 7) is 1.96. The molecule has 104 valence electrons. The number of benzene rings is 1. The number of rotatable bonds is 2. The number of halogens is 1. The number of thioether (sulfide) groups is 1. The first-order valence-electron chi connectivity index (χ1n) is 6.29. The van der Waals surface area contributed by atoms with E-state index in [1.165, 1.54) is 4.90 Å². The monoisotopic (exact) mass is 351 g/mol. The van der Waals surface area contributed by atoms with Crippen molar-refractivity contribution in [2.45, 2.75) is 17.9 Å². The number of aromatic nitrogens is 2. The van der Waals surface area contributed by atoms with Gasteiger partial charge in [-0.3, -0.25) is 0 Å². The Morgan fingerprint density at radius 1 is 1.35 bits per heavy atom. The second kappa shape index (κ2) is 5.61. The summed E-state index contributed by atoms with van der Waals surface area (Å²) in [4.78, 5) is 10.3. The van der Waals surface area contributed by atoms with Gasteiger partial charge in [-0.1, -0.05) is 12.1 Å². The van der Waals surface area contributed by atoms with E-state index in [2.05, 4.69) is 37.3 Å². The van der Waals surface area contributed by atoms with Crippen molar-refractivity contribution in [3.63, 3.8) is 0 Å². The molecule has 0 amide bonds. The molecule has 0 spiro atoms. The van der Waals surface area contributed by atoms with Crippen molar-refractivity contribution in [1.29, 1.82) is 0 Å². The third-order valence-corrected chi connectivity index (χ3v) is 5.13. The van der Waals surface area contributed by atoms with Gasteiger partial charge in [0.2, 0.25) is 0 Å². The van der Waals surface area contributed by atoms with Gasteiger partial charge in [-0.25, -0.2) is 9.97 Å². The van der Waals surface area contributed by atoms with Gasteiger partial charge in [0.15, 0.2) is 11.9 Å². The molecule has 0 radical (unpaired) electrons. The standard InChI is InChI=1S/C14H14BrN3OS/c1-8-12(15)14(16-2)18-13(17-8)10-7-20-11-6-4-3-5-9(11)19-10/h3-6,10H,7H2,1-2H3,(H,16,17,18). The van der Waals surface area contributed by atoms with Crippen molar-refractivity contribution < 1.29 is 4.74 Å². The van der Waals surface area contributed by atoms with E-state index in [1.807, 2.05) is 32.2 Å². The molecule has 0 saturated heterocycles. The molecule has 1 unspecified atom stereocenters. The number of hydrogen-bond donors (Lipinski definition) is 1. The number of nitrogens with one attached hydrogen (secondary N) is 1. The van der Waals surface area contributed by atoms with Gasteiger partial charge in [-0.15, -0.1) is 11.8 Å². The fourth-order valence-electron chi connectivity index (χ4n) is 2.04. The molecule has 0 saturated carbocycles. The molecular weight excluding hydrogens is 338 g/mol. The van der Waals surface area contributed by atoms with Crippen molar-refractivity contribution >= 4 is 33.5 Å². The maximum atomic E-state index is 6.02. The van der Waals surface area contributed by atoms with Crippen LogP contribution in [0.4, 0.5) is 5.82 Å². The van der Waals surface area contributed by atoms with Gasteiger partial charge < -0.3 is 10.1 Å². The second-order valence-electron chi connectivity index (χ2n) is 4.44. The van der Waals surface area contributed by atoms with Gasteiger partial charge >= 0.3 is 0 Å². The maximum absolute atomic E-state index is 6.02. The molecule has 6 heteroatoms. The molecule has 1 aromatic heterocycles. The minimum atomic E-state index is -0.117. The minimum absolute atomic E-state index is 0.117. The average Bonchev–Trinajstić information content (AvgIpc) is 2.49. The van der Waals surface area contributed by atoms with Crippen molar-refractivity contribution in [1.82, 2.24) is 9.97 Å². The average molecular weight is 352 g/mol. The summed E-state index contributed by atoms with van der Waals surface area (Å²) in [7, 11) is 1.85. The highest BCUT2D eigenvalue weighted by molar-refractivity contribution is 9.10. The molecule has 4 nitrogen and oxygen atoms in total. The van der Waals surface area contributed by atoms with Crippen LogP contribution in [0.1, 0.15) is 17.6 Å². The zero-order valence-corrected chi connectivity index (χ0v) is 13.6. The number of para-hydroxylation sites is 1. The number of anilines is 1. The first kappa shape index (κ1) is 13.7. The molecule has 1 N–H and O–H groups in total. The Balaban J connectivity index is 1.93. The highest BCUT2D eigenvalue weighted by Crippen LogP contribution is 2.39. The Morgan fingerprint density at radius 3 is 2.95 bits per heavy atom. The highest BCUT2D eigenvalue weighted by atomic mass is 79.9. The Morgan fingerprint density at radius 2 is 2.15 bits per heavy atom. The lowest BCUT2D eigenvalue weighted by atomic mass is 10.3. The predicted molar refractivity (Wildman–Crippen MR) is 84.6 cm³/mol. The van der Waals surface area contributed by atoms with Crippen molar-refractivity contribution in [2.75, 3.05) is 18.1 Å². The number of nitrogens with zero attached hydrogens (tertiary/aromatic N) is 2. The maximum Gasteiger partial charge on any atom is 0.172 e. The summed E-state index contributed by atoms with van der Waals surface area (Å²) < 4.78 is 6.92. The van der Waals surface area contributed by atoms with Crippen molar-refractivity contribution in [3.8, 4) is 5.75 Å². The molecule has 2 heterocycles. The summed E-state index contributed by atoms with van der Waals surface area (Å²) in [5, 5.41) is 3.07. The molecular formula is C14H14BrN3OS. The first-order chi connectivity index (χ1) is 9.69. The first-order valence-corrected chi connectivity index (χ1v) is 8.07. The molecule has 20 heavy (non-hydrogen) atoms. The molecule has 2 aromatic rings. The Bertz CT molecular complexity index is 650. The molecule has 0 aliphatic carbocycles. The van der Waals surface area contributed by atoms with Crippen LogP contribution in [-0.2, 0) is 0 Å². The van der Waals surface area contributed by atoms with Gasteiger partial charge in [0.05, 0.1) is 10.2 Å². The summed E-state index contributed by atoms with van der Waals surface area (Å²) in [6.07, 6.45) is -0.117. The summed E-state index contributed by atoms with van der Waals surface area (Å²) in [6, 6.07) is 8.06. The highest BCUT2D eigenvalue weighted by Gasteiger charge is 2.25. The lowest BCUT2D eigenvalue weighted by Gasteiger charge is -2.25. The summed E-state index contributed by atoms with van der Waals surface area (Å²) >= 11 is 5.27. The van der Waals surface area contributed by atoms with Crippen LogP contribution in [0.5, 0.6) is 5.75 Å². The molecule has 1 aliphatic heterocycles. The second-order valence-corrected chi connectivity index (χ2v) is 6.30. The third kappa shape index (κ3) is 2.50. The topological polar surface area (TPSA) is 47.0 Å². The van der Waals surface area contributed by atoms with Crippen LogP contribution in [-0.4, -0.2) is 22.8 Å². The minimum Gasteiger partial charge on any atom is -0.480 e.